The third-order valence-electron chi connectivity index (χ3n) is 3.83. The first-order valence-corrected chi connectivity index (χ1v) is 7.66. The van der Waals surface area contributed by atoms with Crippen LogP contribution in [0.1, 0.15) is 17.3 Å². The van der Waals surface area contributed by atoms with Gasteiger partial charge in [-0.1, -0.05) is 0 Å². The van der Waals surface area contributed by atoms with Crippen LogP contribution >= 0.6 is 0 Å². The SMILES string of the molecule is COc1ccc(NC(=O)c2ccc3c(c2)OC(C)C(=O)N3)c(OC)c1. The zero-order valence-corrected chi connectivity index (χ0v) is 14.1. The predicted molar refractivity (Wildman–Crippen MR) is 92.7 cm³/mol. The Morgan fingerprint density at radius 1 is 1.16 bits per heavy atom. The number of carbonyl (C=O) groups is 2. The summed E-state index contributed by atoms with van der Waals surface area (Å²) in [6.07, 6.45) is -0.604. The highest BCUT2D eigenvalue weighted by Crippen LogP contribution is 2.32. The summed E-state index contributed by atoms with van der Waals surface area (Å²) in [5, 5.41) is 5.52. The van der Waals surface area contributed by atoms with Gasteiger partial charge < -0.3 is 24.8 Å². The molecule has 0 radical (unpaired) electrons. The van der Waals surface area contributed by atoms with Crippen LogP contribution in [0.5, 0.6) is 17.2 Å². The third-order valence-corrected chi connectivity index (χ3v) is 3.83. The largest absolute Gasteiger partial charge is 0.497 e. The smallest absolute Gasteiger partial charge is 0.265 e. The lowest BCUT2D eigenvalue weighted by molar-refractivity contribution is -0.122. The zero-order chi connectivity index (χ0) is 18.0. The number of amides is 2. The van der Waals surface area contributed by atoms with Gasteiger partial charge in [0, 0.05) is 11.6 Å². The normalized spacial score (nSPS) is 15.5. The van der Waals surface area contributed by atoms with Crippen LogP contribution in [-0.2, 0) is 4.79 Å². The first-order chi connectivity index (χ1) is 12.0. The molecule has 0 saturated carbocycles. The van der Waals surface area contributed by atoms with Crippen LogP contribution in [0.15, 0.2) is 36.4 Å². The molecule has 0 aromatic heterocycles. The minimum atomic E-state index is -0.604. The van der Waals surface area contributed by atoms with Crippen molar-refractivity contribution in [2.24, 2.45) is 0 Å². The molecule has 7 heteroatoms. The number of hydrogen-bond donors (Lipinski definition) is 2. The number of ether oxygens (including phenoxy) is 3. The van der Waals surface area contributed by atoms with Crippen LogP contribution in [0.3, 0.4) is 0 Å². The van der Waals surface area contributed by atoms with Gasteiger partial charge >= 0.3 is 0 Å². The van der Waals surface area contributed by atoms with E-state index in [1.165, 1.54) is 7.11 Å². The molecule has 2 N–H and O–H groups in total. The number of fused-ring (bicyclic) bond motifs is 1. The van der Waals surface area contributed by atoms with Crippen molar-refractivity contribution in [1.82, 2.24) is 0 Å². The molecule has 2 amide bonds. The summed E-state index contributed by atoms with van der Waals surface area (Å²) in [7, 11) is 3.07. The van der Waals surface area contributed by atoms with Crippen LogP contribution in [-0.4, -0.2) is 32.1 Å². The van der Waals surface area contributed by atoms with Crippen LogP contribution in [0.2, 0.25) is 0 Å². The molecule has 2 aromatic carbocycles. The van der Waals surface area contributed by atoms with Crippen LogP contribution in [0.4, 0.5) is 11.4 Å². The van der Waals surface area contributed by atoms with E-state index in [0.29, 0.717) is 34.2 Å². The summed E-state index contributed by atoms with van der Waals surface area (Å²) in [5.41, 5.74) is 1.47. The standard InChI is InChI=1S/C18H18N2O5/c1-10-17(21)19-14-6-4-11(8-16(14)25-10)18(22)20-13-7-5-12(23-2)9-15(13)24-3/h4-10H,1-3H3,(H,19,21)(H,20,22). The Morgan fingerprint density at radius 2 is 1.96 bits per heavy atom. The first kappa shape index (κ1) is 16.6. The van der Waals surface area contributed by atoms with E-state index in [2.05, 4.69) is 10.6 Å². The monoisotopic (exact) mass is 342 g/mol. The molecule has 130 valence electrons. The van der Waals surface area contributed by atoms with Crippen LogP contribution in [0, 0.1) is 0 Å². The molecule has 0 aliphatic carbocycles. The van der Waals surface area contributed by atoms with Gasteiger partial charge in [0.05, 0.1) is 25.6 Å². The molecule has 7 nitrogen and oxygen atoms in total. The second kappa shape index (κ2) is 6.72. The van der Waals surface area contributed by atoms with Crippen LogP contribution < -0.4 is 24.8 Å². The molecule has 2 aromatic rings. The quantitative estimate of drug-likeness (QED) is 0.892. The summed E-state index contributed by atoms with van der Waals surface area (Å²) < 4.78 is 15.9. The predicted octanol–water partition coefficient (Wildman–Crippen LogP) is 2.68. The molecule has 0 saturated heterocycles. The van der Waals surface area contributed by atoms with Crippen molar-refractivity contribution in [3.05, 3.63) is 42.0 Å². The Morgan fingerprint density at radius 3 is 2.68 bits per heavy atom. The van der Waals surface area contributed by atoms with E-state index in [1.807, 2.05) is 0 Å². The Balaban J connectivity index is 1.83. The van der Waals surface area contributed by atoms with Crippen molar-refractivity contribution < 1.29 is 23.8 Å². The summed E-state index contributed by atoms with van der Waals surface area (Å²) in [5.74, 6) is 1.04. The second-order valence-corrected chi connectivity index (χ2v) is 5.48. The minimum Gasteiger partial charge on any atom is -0.497 e. The fourth-order valence-corrected chi connectivity index (χ4v) is 2.44. The van der Waals surface area contributed by atoms with Gasteiger partial charge in [-0.15, -0.1) is 0 Å². The average molecular weight is 342 g/mol. The maximum atomic E-state index is 12.5. The molecule has 1 heterocycles. The molecule has 1 aliphatic rings. The molecule has 1 atom stereocenters. The van der Waals surface area contributed by atoms with Crippen molar-refractivity contribution in [3.63, 3.8) is 0 Å². The van der Waals surface area contributed by atoms with E-state index in [4.69, 9.17) is 14.2 Å². The van der Waals surface area contributed by atoms with Gasteiger partial charge in [0.2, 0.25) is 0 Å². The van der Waals surface area contributed by atoms with Gasteiger partial charge in [-0.25, -0.2) is 0 Å². The molecule has 1 aliphatic heterocycles. The lowest BCUT2D eigenvalue weighted by Crippen LogP contribution is -2.34. The van der Waals surface area contributed by atoms with Gasteiger partial charge in [0.25, 0.3) is 11.8 Å². The maximum absolute atomic E-state index is 12.5. The number of rotatable bonds is 4. The van der Waals surface area contributed by atoms with Crippen molar-refractivity contribution >= 4 is 23.2 Å². The van der Waals surface area contributed by atoms with Gasteiger partial charge in [-0.05, 0) is 37.3 Å². The van der Waals surface area contributed by atoms with Gasteiger partial charge in [0.15, 0.2) is 6.10 Å². The molecule has 0 fully saturated rings. The molecule has 0 bridgehead atoms. The maximum Gasteiger partial charge on any atom is 0.265 e. The number of benzene rings is 2. The van der Waals surface area contributed by atoms with E-state index in [-0.39, 0.29) is 11.8 Å². The van der Waals surface area contributed by atoms with E-state index in [1.54, 1.807) is 50.4 Å². The zero-order valence-electron chi connectivity index (χ0n) is 14.1. The minimum absolute atomic E-state index is 0.215. The van der Waals surface area contributed by atoms with Gasteiger partial charge in [-0.2, -0.15) is 0 Å². The van der Waals surface area contributed by atoms with Crippen LogP contribution in [0.25, 0.3) is 0 Å². The lowest BCUT2D eigenvalue weighted by Gasteiger charge is -2.23. The van der Waals surface area contributed by atoms with Crippen molar-refractivity contribution in [1.29, 1.82) is 0 Å². The molecule has 25 heavy (non-hydrogen) atoms. The molecule has 1 unspecified atom stereocenters. The van der Waals surface area contributed by atoms with E-state index in [9.17, 15) is 9.59 Å². The van der Waals surface area contributed by atoms with E-state index in [0.717, 1.165) is 0 Å². The molecular formula is C18H18N2O5. The topological polar surface area (TPSA) is 85.9 Å². The third kappa shape index (κ3) is 3.35. The molecule has 0 spiro atoms. The fraction of sp³-hybridized carbons (Fsp3) is 0.222. The summed E-state index contributed by atoms with van der Waals surface area (Å²) in [6.45, 7) is 1.65. The average Bonchev–Trinajstić information content (AvgIpc) is 2.62. The van der Waals surface area contributed by atoms with Gasteiger partial charge in [0.1, 0.15) is 17.2 Å². The highest BCUT2D eigenvalue weighted by atomic mass is 16.5. The lowest BCUT2D eigenvalue weighted by atomic mass is 10.1. The molecule has 3 rings (SSSR count). The summed E-state index contributed by atoms with van der Waals surface area (Å²) in [6, 6.07) is 9.96. The highest BCUT2D eigenvalue weighted by Gasteiger charge is 2.24. The fourth-order valence-electron chi connectivity index (χ4n) is 2.44. The Kier molecular flexibility index (Phi) is 4.47. The number of methoxy groups -OCH3 is 2. The van der Waals surface area contributed by atoms with Gasteiger partial charge in [-0.3, -0.25) is 9.59 Å². The van der Waals surface area contributed by atoms with Crippen molar-refractivity contribution in [2.75, 3.05) is 24.9 Å². The highest BCUT2D eigenvalue weighted by molar-refractivity contribution is 6.06. The first-order valence-electron chi connectivity index (χ1n) is 7.66. The number of nitrogens with one attached hydrogen (secondary N) is 2. The number of carbonyl (C=O) groups excluding carboxylic acids is 2. The Bertz CT molecular complexity index is 834. The van der Waals surface area contributed by atoms with Crippen molar-refractivity contribution in [3.8, 4) is 17.2 Å². The summed E-state index contributed by atoms with van der Waals surface area (Å²) in [4.78, 5) is 24.1. The Hall–Kier alpha value is -3.22. The summed E-state index contributed by atoms with van der Waals surface area (Å²) >= 11 is 0. The number of hydrogen-bond acceptors (Lipinski definition) is 5. The van der Waals surface area contributed by atoms with Crippen molar-refractivity contribution in [2.45, 2.75) is 13.0 Å². The number of anilines is 2. The Labute approximate surface area is 144 Å². The molecular weight excluding hydrogens is 324 g/mol. The van der Waals surface area contributed by atoms with E-state index < -0.39 is 6.10 Å². The van der Waals surface area contributed by atoms with E-state index >= 15 is 0 Å². The second-order valence-electron chi connectivity index (χ2n) is 5.48.